The second-order valence-corrected chi connectivity index (χ2v) is 6.63. The maximum absolute atomic E-state index is 12.1. The largest absolute Gasteiger partial charge is 0.377 e. The molecule has 1 unspecified atom stereocenters. The normalized spacial score (nSPS) is 13.0. The average molecular weight is 355 g/mol. The number of halogens is 2. The molecule has 0 bridgehead atoms. The van der Waals surface area contributed by atoms with Crippen LogP contribution in [0.3, 0.4) is 0 Å². The van der Waals surface area contributed by atoms with Crippen LogP contribution in [0.4, 0.5) is 0 Å². The van der Waals surface area contributed by atoms with Crippen LogP contribution in [0.1, 0.15) is 24.2 Å². The van der Waals surface area contributed by atoms with Crippen molar-refractivity contribution in [2.24, 2.45) is 5.14 Å². The Labute approximate surface area is 133 Å². The highest BCUT2D eigenvalue weighted by Gasteiger charge is 2.19. The van der Waals surface area contributed by atoms with Gasteiger partial charge in [-0.25, -0.2) is 13.6 Å². The van der Waals surface area contributed by atoms with Gasteiger partial charge in [-0.15, -0.1) is 0 Å². The smallest absolute Gasteiger partial charge is 0.252 e. The minimum absolute atomic E-state index is 0.0365. The number of ether oxygens (including phenoxy) is 1. The van der Waals surface area contributed by atoms with Gasteiger partial charge in [0, 0.05) is 13.2 Å². The van der Waals surface area contributed by atoms with Crippen LogP contribution in [0, 0.1) is 0 Å². The van der Waals surface area contributed by atoms with Crippen LogP contribution in [0.25, 0.3) is 0 Å². The fourth-order valence-corrected chi connectivity index (χ4v) is 2.61. The molecule has 0 aliphatic carbocycles. The highest BCUT2D eigenvalue weighted by molar-refractivity contribution is 7.89. The quantitative estimate of drug-likeness (QED) is 0.813. The zero-order valence-corrected chi connectivity index (χ0v) is 13.8. The van der Waals surface area contributed by atoms with E-state index in [9.17, 15) is 13.2 Å². The van der Waals surface area contributed by atoms with Crippen molar-refractivity contribution in [3.8, 4) is 0 Å². The number of carbonyl (C=O) groups is 1. The van der Waals surface area contributed by atoms with Crippen LogP contribution in [0.15, 0.2) is 17.0 Å². The summed E-state index contributed by atoms with van der Waals surface area (Å²) >= 11 is 11.8. The van der Waals surface area contributed by atoms with Crippen molar-refractivity contribution in [3.63, 3.8) is 0 Å². The molecule has 1 aromatic rings. The van der Waals surface area contributed by atoms with Crippen LogP contribution in [-0.2, 0) is 14.8 Å². The Morgan fingerprint density at radius 1 is 1.43 bits per heavy atom. The van der Waals surface area contributed by atoms with Gasteiger partial charge in [-0.2, -0.15) is 0 Å². The molecule has 1 atom stereocenters. The molecule has 6 nitrogen and oxygen atoms in total. The molecule has 3 N–H and O–H groups in total. The van der Waals surface area contributed by atoms with Crippen molar-refractivity contribution >= 4 is 39.1 Å². The van der Waals surface area contributed by atoms with Gasteiger partial charge in [-0.3, -0.25) is 4.79 Å². The van der Waals surface area contributed by atoms with Gasteiger partial charge < -0.3 is 10.1 Å². The van der Waals surface area contributed by atoms with Gasteiger partial charge >= 0.3 is 0 Å². The first-order valence-electron chi connectivity index (χ1n) is 6.08. The molecular weight excluding hydrogens is 339 g/mol. The first kappa shape index (κ1) is 18.2. The number of nitrogens with one attached hydrogen (secondary N) is 1. The van der Waals surface area contributed by atoms with E-state index in [2.05, 4.69) is 5.32 Å². The van der Waals surface area contributed by atoms with Crippen LogP contribution >= 0.6 is 23.2 Å². The first-order valence-corrected chi connectivity index (χ1v) is 8.38. The molecule has 0 aliphatic heterocycles. The van der Waals surface area contributed by atoms with E-state index in [1.54, 1.807) is 6.92 Å². The van der Waals surface area contributed by atoms with Crippen LogP contribution in [0.5, 0.6) is 0 Å². The third kappa shape index (κ3) is 5.12. The molecular formula is C12H16Cl2N2O4S. The molecule has 1 aromatic carbocycles. The number of hydrogen-bond donors (Lipinski definition) is 2. The zero-order valence-electron chi connectivity index (χ0n) is 11.5. The highest BCUT2D eigenvalue weighted by atomic mass is 35.5. The number of nitrogens with two attached hydrogens (primary N) is 1. The molecule has 1 rings (SSSR count). The number of hydrogen-bond acceptors (Lipinski definition) is 4. The number of primary sulfonamides is 1. The molecule has 0 spiro atoms. The minimum atomic E-state index is -3.99. The summed E-state index contributed by atoms with van der Waals surface area (Å²) in [6, 6.07) is 2.18. The van der Waals surface area contributed by atoms with Crippen molar-refractivity contribution in [3.05, 3.63) is 27.7 Å². The molecule has 0 aliphatic rings. The zero-order chi connectivity index (χ0) is 16.2. The van der Waals surface area contributed by atoms with Crippen molar-refractivity contribution < 1.29 is 17.9 Å². The maximum atomic E-state index is 12.1. The van der Waals surface area contributed by atoms with Crippen LogP contribution in [0.2, 0.25) is 10.0 Å². The summed E-state index contributed by atoms with van der Waals surface area (Å²) in [6.07, 6.45) is -0.186. The SMILES string of the molecule is CCOC(C)CNC(=O)c1cc(S(N)(=O)=O)cc(Cl)c1Cl. The van der Waals surface area contributed by atoms with Crippen molar-refractivity contribution in [1.82, 2.24) is 5.32 Å². The molecule has 9 heteroatoms. The van der Waals surface area contributed by atoms with Gasteiger partial charge in [0.1, 0.15) is 0 Å². The summed E-state index contributed by atoms with van der Waals surface area (Å²) in [5.74, 6) is -0.557. The number of rotatable bonds is 6. The molecule has 0 radical (unpaired) electrons. The highest BCUT2D eigenvalue weighted by Crippen LogP contribution is 2.29. The Morgan fingerprint density at radius 2 is 2.05 bits per heavy atom. The summed E-state index contributed by atoms with van der Waals surface area (Å²) in [5.41, 5.74) is -0.0584. The van der Waals surface area contributed by atoms with Gasteiger partial charge in [-0.1, -0.05) is 23.2 Å². The summed E-state index contributed by atoms with van der Waals surface area (Å²) in [5, 5.41) is 7.51. The minimum Gasteiger partial charge on any atom is -0.377 e. The fraction of sp³-hybridized carbons (Fsp3) is 0.417. The number of amides is 1. The topological polar surface area (TPSA) is 98.5 Å². The number of carbonyl (C=O) groups excluding carboxylic acids is 1. The standard InChI is InChI=1S/C12H16Cl2N2O4S/c1-3-20-7(2)6-16-12(17)9-4-8(21(15,18)19)5-10(13)11(9)14/h4-5,7H,3,6H2,1-2H3,(H,16,17)(H2,15,18,19). The second-order valence-electron chi connectivity index (χ2n) is 4.29. The van der Waals surface area contributed by atoms with Crippen LogP contribution in [-0.4, -0.2) is 33.6 Å². The lowest BCUT2D eigenvalue weighted by molar-refractivity contribution is 0.0695. The number of benzene rings is 1. The van der Waals surface area contributed by atoms with Gasteiger partial charge in [-0.05, 0) is 26.0 Å². The van der Waals surface area contributed by atoms with E-state index >= 15 is 0 Å². The Balaban J connectivity index is 3.01. The van der Waals surface area contributed by atoms with Gasteiger partial charge in [0.2, 0.25) is 10.0 Å². The third-order valence-electron chi connectivity index (χ3n) is 2.58. The molecule has 0 fully saturated rings. The summed E-state index contributed by atoms with van der Waals surface area (Å²) in [7, 11) is -3.99. The Kier molecular flexibility index (Phi) is 6.42. The average Bonchev–Trinajstić information content (AvgIpc) is 2.38. The molecule has 21 heavy (non-hydrogen) atoms. The third-order valence-corrected chi connectivity index (χ3v) is 4.27. The van der Waals surface area contributed by atoms with E-state index in [4.69, 9.17) is 33.1 Å². The predicted octanol–water partition coefficient (Wildman–Crippen LogP) is 1.80. The molecule has 118 valence electrons. The second kappa shape index (κ2) is 7.42. The molecule has 0 aromatic heterocycles. The lowest BCUT2D eigenvalue weighted by atomic mass is 10.2. The van der Waals surface area contributed by atoms with Crippen molar-refractivity contribution in [1.29, 1.82) is 0 Å². The molecule has 0 saturated heterocycles. The Morgan fingerprint density at radius 3 is 2.57 bits per heavy atom. The van der Waals surface area contributed by atoms with E-state index in [1.165, 1.54) is 0 Å². The van der Waals surface area contributed by atoms with Gasteiger partial charge in [0.05, 0.1) is 26.6 Å². The Hall–Kier alpha value is -0.860. The first-order chi connectivity index (χ1) is 9.66. The van der Waals surface area contributed by atoms with Crippen molar-refractivity contribution in [2.75, 3.05) is 13.2 Å². The van der Waals surface area contributed by atoms with E-state index in [1.807, 2.05) is 6.92 Å². The summed E-state index contributed by atoms with van der Waals surface area (Å²) < 4.78 is 28.0. The van der Waals surface area contributed by atoms with Gasteiger partial charge in [0.25, 0.3) is 5.91 Å². The summed E-state index contributed by atoms with van der Waals surface area (Å²) in [4.78, 5) is 11.8. The number of sulfonamides is 1. The van der Waals surface area contributed by atoms with E-state index in [0.29, 0.717) is 6.61 Å². The lowest BCUT2D eigenvalue weighted by Crippen LogP contribution is -2.32. The molecule has 0 saturated carbocycles. The van der Waals surface area contributed by atoms with Crippen molar-refractivity contribution in [2.45, 2.75) is 24.8 Å². The molecule has 1 amide bonds. The molecule has 0 heterocycles. The van der Waals surface area contributed by atoms with E-state index in [-0.39, 0.29) is 33.2 Å². The summed E-state index contributed by atoms with van der Waals surface area (Å²) in [6.45, 7) is 4.40. The monoisotopic (exact) mass is 354 g/mol. The maximum Gasteiger partial charge on any atom is 0.252 e. The Bertz CT molecular complexity index is 634. The van der Waals surface area contributed by atoms with E-state index < -0.39 is 15.9 Å². The fourth-order valence-electron chi connectivity index (χ4n) is 1.57. The van der Waals surface area contributed by atoms with E-state index in [0.717, 1.165) is 12.1 Å². The van der Waals surface area contributed by atoms with Crippen LogP contribution < -0.4 is 10.5 Å². The van der Waals surface area contributed by atoms with Gasteiger partial charge in [0.15, 0.2) is 0 Å². The lowest BCUT2D eigenvalue weighted by Gasteiger charge is -2.14. The predicted molar refractivity (Wildman–Crippen MR) is 81.3 cm³/mol.